The minimum Gasteiger partial charge on any atom is -0.341 e. The molecule has 4 N–H and O–H groups in total. The molecule has 5 aromatic rings. The molecule has 45 heavy (non-hydrogen) atoms. The number of piperidine rings is 2. The molecule has 2 saturated heterocycles. The molecule has 10 rings (SSSR count). The van der Waals surface area contributed by atoms with Crippen LogP contribution in [0.3, 0.4) is 0 Å². The number of aromatic amines is 2. The largest absolute Gasteiger partial charge is 0.341 e. The Morgan fingerprint density at radius 2 is 0.933 bits per heavy atom. The van der Waals surface area contributed by atoms with Gasteiger partial charge in [-0.1, -0.05) is 74.5 Å². The number of hydrogen-bond donors (Lipinski definition) is 4. The lowest BCUT2D eigenvalue weighted by molar-refractivity contribution is 0.543. The van der Waals surface area contributed by atoms with Crippen LogP contribution in [0, 0.1) is 11.8 Å². The first kappa shape index (κ1) is 26.2. The maximum absolute atomic E-state index is 4.73. The predicted octanol–water partition coefficient (Wildman–Crippen LogP) is 8.26. The van der Waals surface area contributed by atoms with Crippen molar-refractivity contribution in [3.05, 3.63) is 95.8 Å². The highest BCUT2D eigenvalue weighted by atomic mass is 15.1. The van der Waals surface area contributed by atoms with Crippen LogP contribution >= 0.6 is 0 Å². The van der Waals surface area contributed by atoms with Gasteiger partial charge in [0.25, 0.3) is 0 Å². The van der Waals surface area contributed by atoms with Gasteiger partial charge in [0, 0.05) is 12.1 Å². The summed E-state index contributed by atoms with van der Waals surface area (Å²) in [5, 5.41) is 7.42. The second-order valence-electron chi connectivity index (χ2n) is 14.7. The number of rotatable bonds is 6. The van der Waals surface area contributed by atoms with Gasteiger partial charge in [0.15, 0.2) is 0 Å². The Bertz CT molecular complexity index is 1760. The van der Waals surface area contributed by atoms with Crippen LogP contribution in [0.5, 0.6) is 0 Å². The third-order valence-electron chi connectivity index (χ3n) is 11.6. The number of nitrogens with zero attached hydrogens (tertiary/aromatic N) is 2. The van der Waals surface area contributed by atoms with Crippen molar-refractivity contribution in [3.8, 4) is 44.8 Å². The van der Waals surface area contributed by atoms with Gasteiger partial charge in [0.1, 0.15) is 11.6 Å². The molecule has 2 aliphatic heterocycles. The first-order valence-electron chi connectivity index (χ1n) is 17.1. The van der Waals surface area contributed by atoms with Crippen molar-refractivity contribution in [1.82, 2.24) is 30.6 Å². The van der Waals surface area contributed by atoms with Crippen molar-refractivity contribution >= 4 is 0 Å². The smallest absolute Gasteiger partial charge is 0.123 e. The number of hydrogen-bond acceptors (Lipinski definition) is 4. The molecule has 4 fully saturated rings. The van der Waals surface area contributed by atoms with E-state index in [1.54, 1.807) is 0 Å². The molecule has 2 saturated carbocycles. The molecule has 2 aromatic heterocycles. The minimum absolute atomic E-state index is 0.380. The Labute approximate surface area is 264 Å². The van der Waals surface area contributed by atoms with Gasteiger partial charge in [0.2, 0.25) is 0 Å². The Morgan fingerprint density at radius 1 is 0.511 bits per heavy atom. The number of nitrogens with one attached hydrogen (secondary N) is 4. The second kappa shape index (κ2) is 9.75. The molecule has 5 aliphatic rings. The lowest BCUT2D eigenvalue weighted by Crippen LogP contribution is -2.18. The van der Waals surface area contributed by atoms with Crippen LogP contribution in [0.15, 0.2) is 73.1 Å². The van der Waals surface area contributed by atoms with Crippen LogP contribution in [0.25, 0.3) is 44.8 Å². The van der Waals surface area contributed by atoms with Crippen molar-refractivity contribution in [3.63, 3.8) is 0 Å². The van der Waals surface area contributed by atoms with Crippen molar-refractivity contribution in [2.24, 2.45) is 11.8 Å². The van der Waals surface area contributed by atoms with Gasteiger partial charge >= 0.3 is 0 Å². The van der Waals surface area contributed by atoms with Crippen LogP contribution in [0.2, 0.25) is 0 Å². The normalized spacial score (nSPS) is 30.7. The van der Waals surface area contributed by atoms with Crippen LogP contribution in [0.1, 0.15) is 92.6 Å². The maximum Gasteiger partial charge on any atom is 0.123 e. The molecule has 0 amide bonds. The van der Waals surface area contributed by atoms with Crippen LogP contribution in [-0.2, 0) is 0 Å². The molecule has 226 valence electrons. The summed E-state index contributed by atoms with van der Waals surface area (Å²) in [6, 6.07) is 25.1. The van der Waals surface area contributed by atoms with E-state index in [1.165, 1.54) is 76.6 Å². The quantitative estimate of drug-likeness (QED) is 0.160. The third-order valence-corrected chi connectivity index (χ3v) is 11.6. The fourth-order valence-electron chi connectivity index (χ4n) is 9.01. The van der Waals surface area contributed by atoms with Crippen molar-refractivity contribution in [2.45, 2.75) is 82.0 Å². The molecular weight excluding hydrogens is 552 g/mol. The van der Waals surface area contributed by atoms with Gasteiger partial charge in [-0.2, -0.15) is 0 Å². The van der Waals surface area contributed by atoms with E-state index in [0.29, 0.717) is 23.9 Å². The second-order valence-corrected chi connectivity index (χ2v) is 14.7. The van der Waals surface area contributed by atoms with E-state index in [9.17, 15) is 0 Å². The Morgan fingerprint density at radius 3 is 1.33 bits per heavy atom. The van der Waals surface area contributed by atoms with E-state index in [4.69, 9.17) is 9.97 Å². The highest BCUT2D eigenvalue weighted by Crippen LogP contribution is 2.50. The molecule has 6 nitrogen and oxygen atoms in total. The summed E-state index contributed by atoms with van der Waals surface area (Å²) in [6.07, 6.45) is 10.3. The molecule has 4 heterocycles. The fourth-order valence-corrected chi connectivity index (χ4v) is 9.01. The molecule has 0 bridgehead atoms. The highest BCUT2D eigenvalue weighted by Gasteiger charge is 2.47. The molecular formula is C39H40N6. The van der Waals surface area contributed by atoms with E-state index in [1.807, 2.05) is 12.4 Å². The lowest BCUT2D eigenvalue weighted by Gasteiger charge is -2.18. The Balaban J connectivity index is 0.921. The molecule has 6 heteroatoms. The van der Waals surface area contributed by atoms with Gasteiger partial charge < -0.3 is 20.6 Å². The van der Waals surface area contributed by atoms with Gasteiger partial charge in [-0.25, -0.2) is 9.97 Å². The van der Waals surface area contributed by atoms with Crippen LogP contribution in [0.4, 0.5) is 0 Å². The number of imidazole rings is 2. The number of aromatic nitrogens is 4. The summed E-state index contributed by atoms with van der Waals surface area (Å²) >= 11 is 0. The topological polar surface area (TPSA) is 81.4 Å². The summed E-state index contributed by atoms with van der Waals surface area (Å²) in [7, 11) is 0. The van der Waals surface area contributed by atoms with Crippen LogP contribution < -0.4 is 10.6 Å². The lowest BCUT2D eigenvalue weighted by atomic mass is 9.86. The zero-order valence-electron chi connectivity index (χ0n) is 26.0. The first-order chi connectivity index (χ1) is 22.1. The molecule has 3 aromatic carbocycles. The summed E-state index contributed by atoms with van der Waals surface area (Å²) in [5.41, 5.74) is 12.9. The van der Waals surface area contributed by atoms with Gasteiger partial charge in [-0.05, 0) is 100 Å². The Hall–Kier alpha value is -4.00. The number of fused-ring (bicyclic) bond motifs is 3. The van der Waals surface area contributed by atoms with Crippen molar-refractivity contribution in [2.75, 3.05) is 0 Å². The minimum atomic E-state index is 0.380. The first-order valence-corrected chi connectivity index (χ1v) is 17.1. The maximum atomic E-state index is 4.73. The van der Waals surface area contributed by atoms with Crippen LogP contribution in [-0.4, -0.2) is 32.0 Å². The molecule has 8 atom stereocenters. The summed E-state index contributed by atoms with van der Waals surface area (Å²) in [5.74, 6) is 4.95. The third kappa shape index (κ3) is 4.37. The molecule has 0 spiro atoms. The van der Waals surface area contributed by atoms with E-state index < -0.39 is 0 Å². The zero-order valence-corrected chi connectivity index (χ0v) is 26.0. The van der Waals surface area contributed by atoms with E-state index in [-0.39, 0.29) is 0 Å². The van der Waals surface area contributed by atoms with Gasteiger partial charge in [0.05, 0.1) is 35.9 Å². The number of benzene rings is 3. The monoisotopic (exact) mass is 592 g/mol. The highest BCUT2D eigenvalue weighted by molar-refractivity contribution is 5.81. The Kier molecular flexibility index (Phi) is 5.68. The standard InChI is InChI=1S/C39H40N6/c1-20-13-21(2)37-29(23-5-9-25(10-6-23)35-19-41-39(45-35)33-17-27-15-31(27)43-33)12-11-28(36(20)37)22-3-7-24(8-4-22)34-18-40-38(44-34)32-16-26-14-30(26)42-32/h3-12,18-21,26-27,30-33,42-43H,13-17H2,1-2H3,(H,40,44)(H,41,45)/t20?,21?,26?,27?,30?,31?,32-,33?/m0/s1. The summed E-state index contributed by atoms with van der Waals surface area (Å²) in [4.78, 5) is 16.7. The van der Waals surface area contributed by atoms with Crippen molar-refractivity contribution in [1.29, 1.82) is 0 Å². The van der Waals surface area contributed by atoms with Gasteiger partial charge in [-0.3, -0.25) is 0 Å². The predicted molar refractivity (Wildman–Crippen MR) is 179 cm³/mol. The van der Waals surface area contributed by atoms with E-state index in [2.05, 4.69) is 95.1 Å². The SMILES string of the molecule is CC1CC(C)c2c(-c3ccc(-c4cnc([C@@H]5CC6CC6N5)[nH]4)cc3)ccc(-c3ccc(-c4cnc(C5CC6CC6N5)[nH]4)cc3)c21. The average molecular weight is 593 g/mol. The molecule has 0 radical (unpaired) electrons. The van der Waals surface area contributed by atoms with E-state index in [0.717, 1.165) is 47.0 Å². The van der Waals surface area contributed by atoms with Gasteiger partial charge in [-0.15, -0.1) is 0 Å². The zero-order chi connectivity index (χ0) is 29.8. The fraction of sp³-hybridized carbons (Fsp3) is 0.385. The average Bonchev–Trinajstić information content (AvgIpc) is 3.56. The molecule has 3 aliphatic carbocycles. The van der Waals surface area contributed by atoms with E-state index >= 15 is 0 Å². The molecule has 7 unspecified atom stereocenters. The summed E-state index contributed by atoms with van der Waals surface area (Å²) in [6.45, 7) is 4.80. The van der Waals surface area contributed by atoms with Crippen molar-refractivity contribution < 1.29 is 0 Å². The summed E-state index contributed by atoms with van der Waals surface area (Å²) < 4.78 is 0. The number of H-pyrrole nitrogens is 2.